The second-order valence-electron chi connectivity index (χ2n) is 5.65. The molecule has 0 saturated heterocycles. The summed E-state index contributed by atoms with van der Waals surface area (Å²) in [6, 6.07) is 18.8. The lowest BCUT2D eigenvalue weighted by Gasteiger charge is -2.20. The first kappa shape index (κ1) is 18.5. The zero-order valence-electron chi connectivity index (χ0n) is 14.0. The Bertz CT molecular complexity index is 698. The number of benzene rings is 2. The predicted octanol–water partition coefficient (Wildman–Crippen LogP) is 5.34. The highest BCUT2D eigenvalue weighted by Crippen LogP contribution is 2.26. The van der Waals surface area contributed by atoms with Gasteiger partial charge in [-0.3, -0.25) is 4.79 Å². The van der Waals surface area contributed by atoms with E-state index in [2.05, 4.69) is 70.4 Å². The van der Waals surface area contributed by atoms with Gasteiger partial charge in [-0.1, -0.05) is 48.5 Å². The molecular formula is C20H22INO2. The minimum Gasteiger partial charge on any atom is -0.461 e. The third kappa shape index (κ3) is 6.00. The van der Waals surface area contributed by atoms with Gasteiger partial charge in [-0.05, 0) is 59.2 Å². The second-order valence-corrected chi connectivity index (χ2v) is 6.82. The molecule has 24 heavy (non-hydrogen) atoms. The van der Waals surface area contributed by atoms with E-state index in [1.807, 2.05) is 25.1 Å². The van der Waals surface area contributed by atoms with Crippen LogP contribution in [0.4, 0.5) is 5.69 Å². The maximum absolute atomic E-state index is 10.9. The van der Waals surface area contributed by atoms with E-state index in [1.165, 1.54) is 16.1 Å². The Morgan fingerprint density at radius 2 is 1.79 bits per heavy atom. The van der Waals surface area contributed by atoms with Crippen LogP contribution in [-0.2, 0) is 9.53 Å². The van der Waals surface area contributed by atoms with Gasteiger partial charge in [0.05, 0.1) is 6.04 Å². The van der Waals surface area contributed by atoms with Crippen molar-refractivity contribution in [2.24, 2.45) is 0 Å². The van der Waals surface area contributed by atoms with Crippen molar-refractivity contribution < 1.29 is 9.53 Å². The van der Waals surface area contributed by atoms with Crippen molar-refractivity contribution in [2.75, 3.05) is 11.9 Å². The molecule has 0 saturated carbocycles. The van der Waals surface area contributed by atoms with Crippen LogP contribution >= 0.6 is 22.6 Å². The zero-order chi connectivity index (χ0) is 17.4. The lowest BCUT2D eigenvalue weighted by Crippen LogP contribution is -2.11. The van der Waals surface area contributed by atoms with E-state index in [-0.39, 0.29) is 12.0 Å². The number of esters is 1. The van der Waals surface area contributed by atoms with E-state index in [4.69, 9.17) is 4.74 Å². The van der Waals surface area contributed by atoms with Crippen LogP contribution in [0, 0.1) is 3.57 Å². The smallest absolute Gasteiger partial charge is 0.302 e. The molecule has 0 radical (unpaired) electrons. The summed E-state index contributed by atoms with van der Waals surface area (Å²) in [5.41, 5.74) is 3.40. The molecule has 1 atom stereocenters. The number of carbonyl (C=O) groups is 1. The molecule has 0 aliphatic carbocycles. The molecule has 0 heterocycles. The van der Waals surface area contributed by atoms with E-state index in [1.54, 1.807) is 0 Å². The maximum Gasteiger partial charge on any atom is 0.302 e. The topological polar surface area (TPSA) is 38.3 Å². The third-order valence-electron chi connectivity index (χ3n) is 3.61. The summed E-state index contributed by atoms with van der Waals surface area (Å²) in [6.45, 7) is 3.76. The Labute approximate surface area is 157 Å². The van der Waals surface area contributed by atoms with Gasteiger partial charge < -0.3 is 10.1 Å². The number of para-hydroxylation sites is 1. The Kier molecular flexibility index (Phi) is 7.31. The number of halogens is 1. The highest BCUT2D eigenvalue weighted by atomic mass is 127. The molecule has 4 heteroatoms. The summed E-state index contributed by atoms with van der Waals surface area (Å²) in [5.74, 6) is -0.251. The fraction of sp³-hybridized carbons (Fsp3) is 0.250. The highest BCUT2D eigenvalue weighted by Gasteiger charge is 2.11. The number of anilines is 1. The first-order valence-electron chi connectivity index (χ1n) is 7.91. The van der Waals surface area contributed by atoms with Crippen LogP contribution in [0.2, 0.25) is 0 Å². The molecule has 0 unspecified atom stereocenters. The average Bonchev–Trinajstić information content (AvgIpc) is 2.59. The lowest BCUT2D eigenvalue weighted by atomic mass is 10.0. The van der Waals surface area contributed by atoms with Crippen LogP contribution in [0.5, 0.6) is 0 Å². The molecular weight excluding hydrogens is 413 g/mol. The number of hydrogen-bond donors (Lipinski definition) is 1. The van der Waals surface area contributed by atoms with Crippen LogP contribution in [0.1, 0.15) is 31.9 Å². The van der Waals surface area contributed by atoms with Gasteiger partial charge in [-0.25, -0.2) is 0 Å². The summed E-state index contributed by atoms with van der Waals surface area (Å²) in [6.07, 6.45) is 2.95. The van der Waals surface area contributed by atoms with E-state index >= 15 is 0 Å². The summed E-state index contributed by atoms with van der Waals surface area (Å²) in [7, 11) is 0. The minimum atomic E-state index is -0.251. The monoisotopic (exact) mass is 435 g/mol. The Morgan fingerprint density at radius 1 is 1.12 bits per heavy atom. The highest BCUT2D eigenvalue weighted by molar-refractivity contribution is 14.1. The normalized spacial score (nSPS) is 12.5. The number of carbonyl (C=O) groups excluding carboxylic acids is 1. The first-order chi connectivity index (χ1) is 11.6. The lowest BCUT2D eigenvalue weighted by molar-refractivity contribution is -0.139. The molecule has 0 bridgehead atoms. The van der Waals surface area contributed by atoms with Gasteiger partial charge in [0, 0.05) is 16.2 Å². The number of ether oxygens (including phenoxy) is 1. The van der Waals surface area contributed by atoms with E-state index in [0.717, 1.165) is 17.7 Å². The quantitative estimate of drug-likeness (QED) is 0.362. The van der Waals surface area contributed by atoms with Crippen LogP contribution in [-0.4, -0.2) is 12.6 Å². The van der Waals surface area contributed by atoms with Crippen molar-refractivity contribution in [3.63, 3.8) is 0 Å². The molecule has 2 rings (SSSR count). The molecule has 0 amide bonds. The van der Waals surface area contributed by atoms with Crippen molar-refractivity contribution in [3.05, 3.63) is 75.4 Å². The molecule has 0 aliphatic heterocycles. The standard InChI is InChI=1S/C20H22INO2/c1-15(14-24-16(2)23)12-13-19(17-8-4-3-5-9-17)22-20-11-7-6-10-18(20)21/h3-12,19,22H,13-14H2,1-2H3/b15-12+/t19-/m0/s1. The van der Waals surface area contributed by atoms with Gasteiger partial charge in [0.25, 0.3) is 0 Å². The number of hydrogen-bond acceptors (Lipinski definition) is 3. The molecule has 0 spiro atoms. The molecule has 1 N–H and O–H groups in total. The number of rotatable bonds is 7. The van der Waals surface area contributed by atoms with Crippen LogP contribution in [0.25, 0.3) is 0 Å². The molecule has 2 aromatic rings. The third-order valence-corrected chi connectivity index (χ3v) is 4.55. The average molecular weight is 435 g/mol. The molecule has 3 nitrogen and oxygen atoms in total. The van der Waals surface area contributed by atoms with Crippen molar-refractivity contribution in [2.45, 2.75) is 26.3 Å². The molecule has 0 aliphatic rings. The largest absolute Gasteiger partial charge is 0.461 e. The summed E-state index contributed by atoms with van der Waals surface area (Å²) in [5, 5.41) is 3.62. The van der Waals surface area contributed by atoms with Gasteiger partial charge >= 0.3 is 5.97 Å². The van der Waals surface area contributed by atoms with Crippen LogP contribution in [0.15, 0.2) is 66.2 Å². The van der Waals surface area contributed by atoms with Crippen molar-refractivity contribution >= 4 is 34.2 Å². The molecule has 0 fully saturated rings. The zero-order valence-corrected chi connectivity index (χ0v) is 16.1. The second kappa shape index (κ2) is 9.47. The van der Waals surface area contributed by atoms with Gasteiger partial charge in [-0.2, -0.15) is 0 Å². The summed E-state index contributed by atoms with van der Waals surface area (Å²) in [4.78, 5) is 10.9. The molecule has 2 aromatic carbocycles. The Morgan fingerprint density at radius 3 is 2.46 bits per heavy atom. The molecule has 0 aromatic heterocycles. The molecule has 126 valence electrons. The van der Waals surface area contributed by atoms with Crippen molar-refractivity contribution in [3.8, 4) is 0 Å². The van der Waals surface area contributed by atoms with Gasteiger partial charge in [0.15, 0.2) is 0 Å². The number of nitrogens with one attached hydrogen (secondary N) is 1. The van der Waals surface area contributed by atoms with Crippen LogP contribution in [0.3, 0.4) is 0 Å². The van der Waals surface area contributed by atoms with E-state index < -0.39 is 0 Å². The van der Waals surface area contributed by atoms with Gasteiger partial charge in [0.2, 0.25) is 0 Å². The van der Waals surface area contributed by atoms with E-state index in [9.17, 15) is 4.79 Å². The summed E-state index contributed by atoms with van der Waals surface area (Å²) >= 11 is 2.34. The van der Waals surface area contributed by atoms with E-state index in [0.29, 0.717) is 6.61 Å². The Hall–Kier alpha value is -1.82. The first-order valence-corrected chi connectivity index (χ1v) is 8.99. The summed E-state index contributed by atoms with van der Waals surface area (Å²) < 4.78 is 6.24. The maximum atomic E-state index is 10.9. The van der Waals surface area contributed by atoms with Crippen molar-refractivity contribution in [1.82, 2.24) is 0 Å². The van der Waals surface area contributed by atoms with Crippen LogP contribution < -0.4 is 5.32 Å². The fourth-order valence-electron chi connectivity index (χ4n) is 2.32. The Balaban J connectivity index is 2.13. The van der Waals surface area contributed by atoms with Gasteiger partial charge in [0.1, 0.15) is 6.61 Å². The van der Waals surface area contributed by atoms with Gasteiger partial charge in [-0.15, -0.1) is 0 Å². The minimum absolute atomic E-state index is 0.161. The predicted molar refractivity (Wildman–Crippen MR) is 107 cm³/mol. The van der Waals surface area contributed by atoms with Crippen molar-refractivity contribution in [1.29, 1.82) is 0 Å². The SMILES string of the molecule is CC(=O)OC/C(C)=C/C[C@H](Nc1ccccc1I)c1ccccc1. The fourth-order valence-corrected chi connectivity index (χ4v) is 2.87.